The van der Waals surface area contributed by atoms with Crippen LogP contribution in [0.3, 0.4) is 0 Å². The van der Waals surface area contributed by atoms with Gasteiger partial charge in [0.05, 0.1) is 45.9 Å². The van der Waals surface area contributed by atoms with E-state index in [9.17, 15) is 29.8 Å². The molecular weight excluding hydrogens is 622 g/mol. The summed E-state index contributed by atoms with van der Waals surface area (Å²) in [4.78, 5) is 57.8. The highest BCUT2D eigenvalue weighted by molar-refractivity contribution is 6.04. The molecule has 0 fully saturated rings. The molecule has 15 nitrogen and oxygen atoms in total. The first-order valence-electron chi connectivity index (χ1n) is 14.9. The molecule has 0 radical (unpaired) electrons. The number of pyridine rings is 2. The highest BCUT2D eigenvalue weighted by Crippen LogP contribution is 2.32. The average Bonchev–Trinajstić information content (AvgIpc) is 3.07. The molecule has 0 saturated carbocycles. The first-order chi connectivity index (χ1) is 23.1. The van der Waals surface area contributed by atoms with E-state index in [-0.39, 0.29) is 44.0 Å². The van der Waals surface area contributed by atoms with Crippen LogP contribution in [0.2, 0.25) is 0 Å². The molecule has 48 heavy (non-hydrogen) atoms. The molecule has 0 aliphatic rings. The quantitative estimate of drug-likeness (QED) is 0.0791. The van der Waals surface area contributed by atoms with Crippen LogP contribution >= 0.6 is 0 Å². The average molecular weight is 654 g/mol. The summed E-state index contributed by atoms with van der Waals surface area (Å²) in [6, 6.07) is 15.6. The lowest BCUT2D eigenvalue weighted by atomic mass is 10.1. The third-order valence-electron chi connectivity index (χ3n) is 8.29. The highest BCUT2D eigenvalue weighted by atomic mass is 16.6. The molecule has 0 atom stereocenters. The molecule has 4 aromatic carbocycles. The van der Waals surface area contributed by atoms with Crippen LogP contribution in [-0.2, 0) is 0 Å². The molecule has 0 spiro atoms. The summed E-state index contributed by atoms with van der Waals surface area (Å²) in [5, 5.41) is 31.1. The summed E-state index contributed by atoms with van der Waals surface area (Å²) in [6.07, 6.45) is 0. The number of nitro benzene ring substituents is 2. The van der Waals surface area contributed by atoms with Crippen molar-refractivity contribution in [1.82, 2.24) is 14.9 Å². The number of non-ortho nitro benzene ring substituents is 2. The van der Waals surface area contributed by atoms with Gasteiger partial charge in [0.2, 0.25) is 0 Å². The van der Waals surface area contributed by atoms with E-state index in [0.29, 0.717) is 70.9 Å². The molecule has 0 bridgehead atoms. The minimum absolute atomic E-state index is 0.127. The summed E-state index contributed by atoms with van der Waals surface area (Å²) in [5.74, 6) is 0.977. The van der Waals surface area contributed by atoms with Crippen molar-refractivity contribution in [3.63, 3.8) is 0 Å². The van der Waals surface area contributed by atoms with E-state index < -0.39 is 9.85 Å². The number of aromatic amines is 2. The van der Waals surface area contributed by atoms with Gasteiger partial charge in [-0.1, -0.05) is 0 Å². The van der Waals surface area contributed by atoms with Gasteiger partial charge in [-0.3, -0.25) is 29.8 Å². The maximum absolute atomic E-state index is 13.6. The summed E-state index contributed by atoms with van der Waals surface area (Å²) >= 11 is 0. The van der Waals surface area contributed by atoms with Gasteiger partial charge in [0.25, 0.3) is 11.4 Å². The van der Waals surface area contributed by atoms with Gasteiger partial charge in [0.15, 0.2) is 10.9 Å². The van der Waals surface area contributed by atoms with Gasteiger partial charge in [-0.2, -0.15) is 0 Å². The van der Waals surface area contributed by atoms with Gasteiger partial charge in [0, 0.05) is 60.5 Å². The number of aromatic nitrogens is 2. The Morgan fingerprint density at radius 3 is 1.48 bits per heavy atom. The van der Waals surface area contributed by atoms with Crippen LogP contribution in [0.5, 0.6) is 11.5 Å². The monoisotopic (exact) mass is 653 g/mol. The van der Waals surface area contributed by atoms with Crippen LogP contribution in [-0.4, -0.2) is 72.2 Å². The van der Waals surface area contributed by atoms with Crippen molar-refractivity contribution >= 4 is 66.4 Å². The van der Waals surface area contributed by atoms with Gasteiger partial charge in [-0.25, -0.2) is 0 Å². The van der Waals surface area contributed by atoms with Gasteiger partial charge in [-0.15, -0.1) is 0 Å². The summed E-state index contributed by atoms with van der Waals surface area (Å²) in [7, 11) is 4.88. The lowest BCUT2D eigenvalue weighted by Crippen LogP contribution is -2.30. The summed E-state index contributed by atoms with van der Waals surface area (Å²) in [6.45, 7) is 1.89. The molecular formula is C33H31N7O8. The molecule has 15 heteroatoms. The smallest absolute Gasteiger partial charge is 0.293 e. The van der Waals surface area contributed by atoms with Crippen molar-refractivity contribution in [3.8, 4) is 11.5 Å². The Morgan fingerprint density at radius 2 is 1.10 bits per heavy atom. The molecule has 0 saturated heterocycles. The number of nitro groups is 2. The predicted molar refractivity (Wildman–Crippen MR) is 185 cm³/mol. The van der Waals surface area contributed by atoms with Crippen LogP contribution in [0, 0.1) is 20.2 Å². The van der Waals surface area contributed by atoms with E-state index in [2.05, 4.69) is 20.6 Å². The second-order valence-corrected chi connectivity index (χ2v) is 11.2. The molecule has 0 aliphatic heterocycles. The van der Waals surface area contributed by atoms with E-state index in [0.717, 1.165) is 0 Å². The molecule has 6 aromatic rings. The first kappa shape index (κ1) is 31.7. The van der Waals surface area contributed by atoms with Gasteiger partial charge < -0.3 is 35.0 Å². The van der Waals surface area contributed by atoms with Gasteiger partial charge in [0.1, 0.15) is 22.5 Å². The van der Waals surface area contributed by atoms with Crippen LogP contribution in [0.15, 0.2) is 70.3 Å². The number of hydrogen-bond acceptors (Lipinski definition) is 11. The number of H-pyrrole nitrogens is 2. The normalized spacial score (nSPS) is 11.4. The first-order valence-corrected chi connectivity index (χ1v) is 14.9. The molecule has 2 heterocycles. The second-order valence-electron chi connectivity index (χ2n) is 11.2. The van der Waals surface area contributed by atoms with Crippen molar-refractivity contribution in [2.45, 2.75) is 0 Å². The largest absolute Gasteiger partial charge is 0.497 e. The fourth-order valence-corrected chi connectivity index (χ4v) is 5.81. The van der Waals surface area contributed by atoms with Crippen molar-refractivity contribution in [2.75, 3.05) is 58.1 Å². The zero-order chi connectivity index (χ0) is 34.1. The molecule has 246 valence electrons. The predicted octanol–water partition coefficient (Wildman–Crippen LogP) is 4.97. The maximum Gasteiger partial charge on any atom is 0.293 e. The van der Waals surface area contributed by atoms with Gasteiger partial charge in [-0.05, 0) is 55.6 Å². The fourth-order valence-electron chi connectivity index (χ4n) is 5.81. The maximum atomic E-state index is 13.6. The third-order valence-corrected chi connectivity index (χ3v) is 8.29. The fraction of sp³-hybridized carbons (Fsp3) is 0.212. The van der Waals surface area contributed by atoms with Crippen LogP contribution in [0.1, 0.15) is 0 Å². The lowest BCUT2D eigenvalue weighted by molar-refractivity contribution is -0.383. The zero-order valence-corrected chi connectivity index (χ0v) is 26.2. The Morgan fingerprint density at radius 1 is 0.688 bits per heavy atom. The third kappa shape index (κ3) is 5.78. The standard InChI is InChI=1S/C33H31N7O8/c1-38(14-12-34-24-8-10-26(39(43)44)30-28(24)32(41)20-16-18(47-2)4-6-22(20)36-30)15-13-35-25-9-11-27(40(45)46)31-29(25)33(42)21-17-19(48-3)5-7-23(21)37-31/h4-11,16-17,34-35H,12-15H2,1-3H3,(H,36,41)(H,37,42). The number of nitrogens with one attached hydrogen (secondary N) is 4. The van der Waals surface area contributed by atoms with Crippen molar-refractivity contribution in [2.24, 2.45) is 0 Å². The van der Waals surface area contributed by atoms with E-state index in [1.54, 1.807) is 36.4 Å². The van der Waals surface area contributed by atoms with Crippen LogP contribution in [0.25, 0.3) is 43.6 Å². The number of fused-ring (bicyclic) bond motifs is 4. The molecule has 2 aromatic heterocycles. The number of anilines is 2. The molecule has 0 unspecified atom stereocenters. The topological polar surface area (TPSA) is 198 Å². The number of ether oxygens (including phenoxy) is 2. The molecule has 0 aliphatic carbocycles. The number of rotatable bonds is 12. The van der Waals surface area contributed by atoms with E-state index in [4.69, 9.17) is 9.47 Å². The number of nitrogens with zero attached hydrogens (tertiary/aromatic N) is 3. The van der Waals surface area contributed by atoms with Crippen LogP contribution in [0.4, 0.5) is 22.7 Å². The van der Waals surface area contributed by atoms with Crippen LogP contribution < -0.4 is 31.0 Å². The number of benzene rings is 4. The SMILES string of the molecule is COc1ccc2[nH]c3c([N+](=O)[O-])ccc(NCCN(C)CCNc4ccc([N+](=O)[O-])c5[nH]c6ccc(OC)cc6c(=O)c45)c3c(=O)c2c1. The lowest BCUT2D eigenvalue weighted by Gasteiger charge is -2.19. The second kappa shape index (κ2) is 12.9. The summed E-state index contributed by atoms with van der Waals surface area (Å²) < 4.78 is 10.5. The van der Waals surface area contributed by atoms with Gasteiger partial charge >= 0.3 is 0 Å². The Labute approximate surface area is 271 Å². The Hall–Kier alpha value is -6.22. The molecule has 4 N–H and O–H groups in total. The molecule has 6 rings (SSSR count). The minimum atomic E-state index is -0.528. The molecule has 0 amide bonds. The van der Waals surface area contributed by atoms with Crippen molar-refractivity contribution in [1.29, 1.82) is 0 Å². The number of hydrogen-bond donors (Lipinski definition) is 4. The van der Waals surface area contributed by atoms with E-state index in [1.165, 1.54) is 38.5 Å². The van der Waals surface area contributed by atoms with Crippen molar-refractivity contribution in [3.05, 3.63) is 101 Å². The highest BCUT2D eigenvalue weighted by Gasteiger charge is 2.21. The Balaban J connectivity index is 1.19. The minimum Gasteiger partial charge on any atom is -0.497 e. The summed E-state index contributed by atoms with van der Waals surface area (Å²) in [5.41, 5.74) is 0.922. The van der Waals surface area contributed by atoms with E-state index in [1.807, 2.05) is 11.9 Å². The number of methoxy groups -OCH3 is 2. The number of likely N-dealkylation sites (N-methyl/N-ethyl adjacent to an activating group) is 1. The Kier molecular flexibility index (Phi) is 8.52. The Bertz CT molecular complexity index is 2210. The van der Waals surface area contributed by atoms with E-state index >= 15 is 0 Å². The van der Waals surface area contributed by atoms with Crippen molar-refractivity contribution < 1.29 is 19.3 Å². The zero-order valence-electron chi connectivity index (χ0n) is 26.2.